The van der Waals surface area contributed by atoms with E-state index in [0.717, 1.165) is 31.7 Å². The van der Waals surface area contributed by atoms with E-state index in [1.54, 1.807) is 0 Å². The molecule has 0 atom stereocenters. The fraction of sp³-hybridized carbons (Fsp3) is 0.235. The zero-order valence-corrected chi connectivity index (χ0v) is 13.4. The maximum Gasteiger partial charge on any atom is 0.196 e. The number of fused-ring (bicyclic) bond motifs is 1. The topological polar surface area (TPSA) is 60.6 Å². The molecule has 3 heterocycles. The Balaban J connectivity index is 1.55. The highest BCUT2D eigenvalue weighted by Crippen LogP contribution is 2.24. The summed E-state index contributed by atoms with van der Waals surface area (Å²) in [4.78, 5) is 9.82. The Bertz CT molecular complexity index is 868. The fourth-order valence-corrected chi connectivity index (χ4v) is 3.24. The summed E-state index contributed by atoms with van der Waals surface area (Å²) >= 11 is 5.10. The van der Waals surface area contributed by atoms with Crippen molar-refractivity contribution in [1.29, 1.82) is 0 Å². The molecule has 5 nitrogen and oxygen atoms in total. The number of aromatic nitrogens is 4. The van der Waals surface area contributed by atoms with E-state index in [1.807, 2.05) is 30.6 Å². The van der Waals surface area contributed by atoms with Crippen LogP contribution in [0.3, 0.4) is 0 Å². The van der Waals surface area contributed by atoms with E-state index >= 15 is 0 Å². The maximum atomic E-state index is 5.10. The highest BCUT2D eigenvalue weighted by molar-refractivity contribution is 7.71. The van der Waals surface area contributed by atoms with Gasteiger partial charge in [-0.25, -0.2) is 4.98 Å². The van der Waals surface area contributed by atoms with Gasteiger partial charge in [0, 0.05) is 49.1 Å². The van der Waals surface area contributed by atoms with Gasteiger partial charge < -0.3 is 4.98 Å². The van der Waals surface area contributed by atoms with Crippen LogP contribution in [-0.4, -0.2) is 31.6 Å². The van der Waals surface area contributed by atoms with E-state index in [0.29, 0.717) is 4.77 Å². The molecule has 0 spiro atoms. The van der Waals surface area contributed by atoms with Gasteiger partial charge in [-0.15, -0.1) is 0 Å². The first-order valence-corrected chi connectivity index (χ1v) is 8.07. The molecule has 0 saturated carbocycles. The molecule has 2 N–H and O–H groups in total. The Hall–Kier alpha value is -2.31. The standard InChI is InChI=1S/C17H17N5S/c23-17-18-8-13-10-22(7-6-15(13)20-17)11-14-9-19-21-16(14)12-4-2-1-3-5-12/h1-5,8-9H,6-7,10-11H2,(H,19,21)(H,18,20,23). The monoisotopic (exact) mass is 323 g/mol. The summed E-state index contributed by atoms with van der Waals surface area (Å²) in [6.07, 6.45) is 4.79. The van der Waals surface area contributed by atoms with Crippen molar-refractivity contribution in [2.45, 2.75) is 19.5 Å². The molecular weight excluding hydrogens is 306 g/mol. The zero-order valence-electron chi connectivity index (χ0n) is 12.6. The average molecular weight is 323 g/mol. The molecule has 0 radical (unpaired) electrons. The van der Waals surface area contributed by atoms with Crippen LogP contribution in [0.5, 0.6) is 0 Å². The molecule has 2 aromatic heterocycles. The lowest BCUT2D eigenvalue weighted by Crippen LogP contribution is -2.30. The van der Waals surface area contributed by atoms with E-state index in [4.69, 9.17) is 12.2 Å². The number of hydrogen-bond donors (Lipinski definition) is 2. The fourth-order valence-electron chi connectivity index (χ4n) is 3.07. The molecule has 0 unspecified atom stereocenters. The van der Waals surface area contributed by atoms with Gasteiger partial charge in [0.05, 0.1) is 11.9 Å². The predicted octanol–water partition coefficient (Wildman–Crippen LogP) is 3.09. The van der Waals surface area contributed by atoms with Gasteiger partial charge in [-0.1, -0.05) is 30.3 Å². The minimum Gasteiger partial charge on any atom is -0.334 e. The summed E-state index contributed by atoms with van der Waals surface area (Å²) in [7, 11) is 0. The molecule has 4 rings (SSSR count). The third-order valence-electron chi connectivity index (χ3n) is 4.23. The van der Waals surface area contributed by atoms with Gasteiger partial charge in [-0.2, -0.15) is 5.10 Å². The van der Waals surface area contributed by atoms with Crippen LogP contribution in [0.2, 0.25) is 0 Å². The first kappa shape index (κ1) is 14.3. The molecule has 1 aliphatic rings. The quantitative estimate of drug-likeness (QED) is 0.727. The predicted molar refractivity (Wildman–Crippen MR) is 91.3 cm³/mol. The number of benzene rings is 1. The first-order valence-electron chi connectivity index (χ1n) is 7.67. The van der Waals surface area contributed by atoms with Crippen LogP contribution in [-0.2, 0) is 19.5 Å². The van der Waals surface area contributed by atoms with E-state index in [-0.39, 0.29) is 0 Å². The van der Waals surface area contributed by atoms with E-state index in [9.17, 15) is 0 Å². The number of H-pyrrole nitrogens is 2. The normalized spacial score (nSPS) is 14.6. The summed E-state index contributed by atoms with van der Waals surface area (Å²) in [5.74, 6) is 0. The molecule has 0 fully saturated rings. The third-order valence-corrected chi connectivity index (χ3v) is 4.44. The minimum absolute atomic E-state index is 0.568. The summed E-state index contributed by atoms with van der Waals surface area (Å²) < 4.78 is 0.568. The molecule has 1 aliphatic heterocycles. The molecular formula is C17H17N5S. The highest BCUT2D eigenvalue weighted by atomic mass is 32.1. The Labute approximate surface area is 139 Å². The summed E-state index contributed by atoms with van der Waals surface area (Å²) in [6, 6.07) is 10.3. The van der Waals surface area contributed by atoms with Crippen molar-refractivity contribution in [3.8, 4) is 11.3 Å². The number of nitrogens with zero attached hydrogens (tertiary/aromatic N) is 3. The number of nitrogens with one attached hydrogen (secondary N) is 2. The SMILES string of the molecule is S=c1ncc2c([nH]1)CCN(Cc1cn[nH]c1-c1ccccc1)C2. The summed E-state index contributed by atoms with van der Waals surface area (Å²) in [5, 5.41) is 7.37. The second-order valence-electron chi connectivity index (χ2n) is 5.79. The molecule has 0 aliphatic carbocycles. The first-order chi connectivity index (χ1) is 11.3. The minimum atomic E-state index is 0.568. The molecule has 23 heavy (non-hydrogen) atoms. The lowest BCUT2D eigenvalue weighted by molar-refractivity contribution is 0.243. The second kappa shape index (κ2) is 6.06. The second-order valence-corrected chi connectivity index (χ2v) is 6.18. The molecule has 6 heteroatoms. The highest BCUT2D eigenvalue weighted by Gasteiger charge is 2.19. The van der Waals surface area contributed by atoms with Crippen LogP contribution in [0.1, 0.15) is 16.8 Å². The lowest BCUT2D eigenvalue weighted by atomic mass is 10.0. The molecule has 116 valence electrons. The lowest BCUT2D eigenvalue weighted by Gasteiger charge is -2.28. The largest absolute Gasteiger partial charge is 0.334 e. The van der Waals surface area contributed by atoms with Gasteiger partial charge in [-0.05, 0) is 17.8 Å². The van der Waals surface area contributed by atoms with Gasteiger partial charge in [0.25, 0.3) is 0 Å². The Morgan fingerprint density at radius 2 is 2.04 bits per heavy atom. The number of aromatic amines is 2. The van der Waals surface area contributed by atoms with Crippen LogP contribution in [0, 0.1) is 4.77 Å². The van der Waals surface area contributed by atoms with Crippen molar-refractivity contribution in [3.05, 3.63) is 64.3 Å². The van der Waals surface area contributed by atoms with Crippen LogP contribution < -0.4 is 0 Å². The Kier molecular flexibility index (Phi) is 3.77. The smallest absolute Gasteiger partial charge is 0.196 e. The third kappa shape index (κ3) is 2.95. The van der Waals surface area contributed by atoms with E-state index in [2.05, 4.69) is 37.2 Å². The van der Waals surface area contributed by atoms with Gasteiger partial charge in [-0.3, -0.25) is 10.00 Å². The average Bonchev–Trinajstić information content (AvgIpc) is 3.04. The maximum absolute atomic E-state index is 5.10. The summed E-state index contributed by atoms with van der Waals surface area (Å²) in [5.41, 5.74) is 5.94. The number of hydrogen-bond acceptors (Lipinski definition) is 4. The van der Waals surface area contributed by atoms with Crippen molar-refractivity contribution in [3.63, 3.8) is 0 Å². The van der Waals surface area contributed by atoms with E-state index < -0.39 is 0 Å². The summed E-state index contributed by atoms with van der Waals surface area (Å²) in [6.45, 7) is 2.76. The van der Waals surface area contributed by atoms with Crippen LogP contribution in [0.4, 0.5) is 0 Å². The van der Waals surface area contributed by atoms with Crippen molar-refractivity contribution in [2.24, 2.45) is 0 Å². The number of rotatable bonds is 3. The van der Waals surface area contributed by atoms with Crippen molar-refractivity contribution in [1.82, 2.24) is 25.1 Å². The molecule has 3 aromatic rings. The van der Waals surface area contributed by atoms with Crippen molar-refractivity contribution < 1.29 is 0 Å². The Morgan fingerprint density at radius 1 is 1.17 bits per heavy atom. The van der Waals surface area contributed by atoms with Gasteiger partial charge in [0.1, 0.15) is 0 Å². The van der Waals surface area contributed by atoms with Gasteiger partial charge in [0.2, 0.25) is 0 Å². The van der Waals surface area contributed by atoms with Crippen LogP contribution in [0.25, 0.3) is 11.3 Å². The molecule has 1 aromatic carbocycles. The van der Waals surface area contributed by atoms with Crippen LogP contribution in [0.15, 0.2) is 42.7 Å². The zero-order chi connectivity index (χ0) is 15.6. The van der Waals surface area contributed by atoms with Gasteiger partial charge in [0.15, 0.2) is 4.77 Å². The molecule has 0 bridgehead atoms. The van der Waals surface area contributed by atoms with Crippen molar-refractivity contribution in [2.75, 3.05) is 6.54 Å². The van der Waals surface area contributed by atoms with Crippen molar-refractivity contribution >= 4 is 12.2 Å². The molecule has 0 amide bonds. The molecule has 0 saturated heterocycles. The van der Waals surface area contributed by atoms with Gasteiger partial charge >= 0.3 is 0 Å². The van der Waals surface area contributed by atoms with Crippen LogP contribution >= 0.6 is 12.2 Å². The van der Waals surface area contributed by atoms with E-state index in [1.165, 1.54) is 22.4 Å². The Morgan fingerprint density at radius 3 is 2.91 bits per heavy atom.